The molecule has 2 aromatic rings. The number of rotatable bonds is 9. The van der Waals surface area contributed by atoms with E-state index in [1.54, 1.807) is 24.4 Å². The fraction of sp³-hybridized carbons (Fsp3) is 0.400. The number of aromatic nitrogens is 1. The van der Waals surface area contributed by atoms with E-state index in [0.29, 0.717) is 24.6 Å². The zero-order valence-electron chi connectivity index (χ0n) is 15.8. The Balaban J connectivity index is 1.82. The number of pyridine rings is 1. The molecule has 0 aliphatic heterocycles. The van der Waals surface area contributed by atoms with Crippen molar-refractivity contribution in [3.05, 3.63) is 53.9 Å². The van der Waals surface area contributed by atoms with Crippen LogP contribution in [0.5, 0.6) is 11.5 Å². The second kappa shape index (κ2) is 9.96. The molecule has 0 spiro atoms. The Morgan fingerprint density at radius 1 is 1.21 bits per heavy atom. The molecule has 0 saturated carbocycles. The molecule has 1 amide bonds. The van der Waals surface area contributed by atoms with Crippen LogP contribution in [0.2, 0.25) is 0 Å². The van der Waals surface area contributed by atoms with Gasteiger partial charge in [-0.25, -0.2) is 0 Å². The van der Waals surface area contributed by atoms with Crippen molar-refractivity contribution in [3.8, 4) is 11.5 Å². The molecule has 0 aliphatic rings. The standard InChI is InChI=1S/C20H23F3N2O3/c1-3-14(2)12-25-19(26)18-8-7-15(13-24-18)9-10-27-16-5-4-6-17(11-16)28-20(21,22)23/h4-8,11,13-14H,3,9-10,12H2,1-2H3,(H,25,26). The lowest BCUT2D eigenvalue weighted by atomic mass is 10.1. The van der Waals surface area contributed by atoms with Gasteiger partial charge >= 0.3 is 6.36 Å². The average molecular weight is 396 g/mol. The van der Waals surface area contributed by atoms with Gasteiger partial charge in [0.05, 0.1) is 6.61 Å². The minimum atomic E-state index is -4.74. The molecular formula is C20H23F3N2O3. The van der Waals surface area contributed by atoms with Crippen molar-refractivity contribution < 1.29 is 27.4 Å². The molecule has 5 nitrogen and oxygen atoms in total. The quantitative estimate of drug-likeness (QED) is 0.684. The van der Waals surface area contributed by atoms with Crippen molar-refractivity contribution in [2.24, 2.45) is 5.92 Å². The molecule has 2 rings (SSSR count). The number of alkyl halides is 3. The summed E-state index contributed by atoms with van der Waals surface area (Å²) in [5.74, 6) is 0.125. The summed E-state index contributed by atoms with van der Waals surface area (Å²) in [5.41, 5.74) is 1.19. The Bertz CT molecular complexity index is 764. The summed E-state index contributed by atoms with van der Waals surface area (Å²) in [7, 11) is 0. The van der Waals surface area contributed by atoms with Crippen molar-refractivity contribution in [1.29, 1.82) is 0 Å². The predicted molar refractivity (Wildman–Crippen MR) is 98.3 cm³/mol. The SMILES string of the molecule is CCC(C)CNC(=O)c1ccc(CCOc2cccc(OC(F)(F)F)c2)cn1. The van der Waals surface area contributed by atoms with Gasteiger partial charge < -0.3 is 14.8 Å². The largest absolute Gasteiger partial charge is 0.573 e. The summed E-state index contributed by atoms with van der Waals surface area (Å²) < 4.78 is 46.1. The van der Waals surface area contributed by atoms with E-state index in [0.717, 1.165) is 12.0 Å². The van der Waals surface area contributed by atoms with Crippen molar-refractivity contribution >= 4 is 5.91 Å². The van der Waals surface area contributed by atoms with Crippen molar-refractivity contribution in [1.82, 2.24) is 10.3 Å². The summed E-state index contributed by atoms with van der Waals surface area (Å²) in [6, 6.07) is 8.76. The van der Waals surface area contributed by atoms with Crippen LogP contribution < -0.4 is 14.8 Å². The molecule has 0 fully saturated rings. The zero-order valence-corrected chi connectivity index (χ0v) is 15.8. The minimum absolute atomic E-state index is 0.218. The smallest absolute Gasteiger partial charge is 0.493 e. The molecule has 1 atom stereocenters. The summed E-state index contributed by atoms with van der Waals surface area (Å²) >= 11 is 0. The number of hydrogen-bond donors (Lipinski definition) is 1. The Kier molecular flexibility index (Phi) is 7.66. The molecule has 8 heteroatoms. The van der Waals surface area contributed by atoms with Crippen molar-refractivity contribution in [2.75, 3.05) is 13.2 Å². The molecule has 1 aromatic heterocycles. The van der Waals surface area contributed by atoms with Crippen LogP contribution in [-0.4, -0.2) is 30.4 Å². The number of carbonyl (C=O) groups excluding carboxylic acids is 1. The van der Waals surface area contributed by atoms with Crippen LogP contribution in [0, 0.1) is 5.92 Å². The Morgan fingerprint density at radius 2 is 1.96 bits per heavy atom. The van der Waals surface area contributed by atoms with E-state index in [9.17, 15) is 18.0 Å². The van der Waals surface area contributed by atoms with Gasteiger partial charge in [-0.15, -0.1) is 13.2 Å². The first-order chi connectivity index (χ1) is 13.3. The van der Waals surface area contributed by atoms with Crippen molar-refractivity contribution in [3.63, 3.8) is 0 Å². The number of nitrogens with one attached hydrogen (secondary N) is 1. The van der Waals surface area contributed by atoms with Gasteiger partial charge in [-0.3, -0.25) is 9.78 Å². The van der Waals surface area contributed by atoms with Crippen LogP contribution in [0.15, 0.2) is 42.6 Å². The third-order valence-electron chi connectivity index (χ3n) is 4.06. The Morgan fingerprint density at radius 3 is 2.61 bits per heavy atom. The second-order valence-corrected chi connectivity index (χ2v) is 6.40. The molecular weight excluding hydrogens is 373 g/mol. The first kappa shape index (κ1) is 21.5. The number of ether oxygens (including phenoxy) is 2. The van der Waals surface area contributed by atoms with E-state index >= 15 is 0 Å². The molecule has 1 N–H and O–H groups in total. The highest BCUT2D eigenvalue weighted by Gasteiger charge is 2.31. The fourth-order valence-electron chi connectivity index (χ4n) is 2.26. The van der Waals surface area contributed by atoms with Gasteiger partial charge in [0, 0.05) is 25.2 Å². The molecule has 0 aliphatic carbocycles. The highest BCUT2D eigenvalue weighted by molar-refractivity contribution is 5.92. The third-order valence-corrected chi connectivity index (χ3v) is 4.06. The molecule has 152 valence electrons. The van der Waals surface area contributed by atoms with E-state index < -0.39 is 6.36 Å². The van der Waals surface area contributed by atoms with Gasteiger partial charge in [0.25, 0.3) is 5.91 Å². The second-order valence-electron chi connectivity index (χ2n) is 6.40. The van der Waals surface area contributed by atoms with Crippen LogP contribution in [0.25, 0.3) is 0 Å². The molecule has 0 saturated heterocycles. The summed E-state index contributed by atoms with van der Waals surface area (Å²) in [5, 5.41) is 2.84. The molecule has 0 bridgehead atoms. The normalized spacial score (nSPS) is 12.3. The summed E-state index contributed by atoms with van der Waals surface area (Å²) in [6.45, 7) is 4.97. The molecule has 1 unspecified atom stereocenters. The lowest BCUT2D eigenvalue weighted by Crippen LogP contribution is -2.28. The molecule has 1 heterocycles. The first-order valence-electron chi connectivity index (χ1n) is 8.98. The maximum Gasteiger partial charge on any atom is 0.573 e. The number of nitrogens with zero attached hydrogens (tertiary/aromatic N) is 1. The fourth-order valence-corrected chi connectivity index (χ4v) is 2.26. The van der Waals surface area contributed by atoms with Crippen LogP contribution in [0.3, 0.4) is 0 Å². The van der Waals surface area contributed by atoms with Crippen LogP contribution >= 0.6 is 0 Å². The maximum atomic E-state index is 12.2. The topological polar surface area (TPSA) is 60.5 Å². The Hall–Kier alpha value is -2.77. The molecule has 28 heavy (non-hydrogen) atoms. The minimum Gasteiger partial charge on any atom is -0.493 e. The molecule has 0 radical (unpaired) electrons. The monoisotopic (exact) mass is 396 g/mol. The maximum absolute atomic E-state index is 12.2. The molecule has 1 aromatic carbocycles. The van der Waals surface area contributed by atoms with Gasteiger partial charge in [-0.2, -0.15) is 0 Å². The lowest BCUT2D eigenvalue weighted by Gasteiger charge is -2.11. The zero-order chi connectivity index (χ0) is 20.6. The summed E-state index contributed by atoms with van der Waals surface area (Å²) in [6.07, 6.45) is -1.68. The highest BCUT2D eigenvalue weighted by atomic mass is 19.4. The van der Waals surface area contributed by atoms with Crippen LogP contribution in [-0.2, 0) is 6.42 Å². The van der Waals surface area contributed by atoms with E-state index in [2.05, 4.69) is 28.9 Å². The number of halogens is 3. The number of hydrogen-bond acceptors (Lipinski definition) is 4. The van der Waals surface area contributed by atoms with E-state index in [1.165, 1.54) is 18.2 Å². The summed E-state index contributed by atoms with van der Waals surface area (Å²) in [4.78, 5) is 16.2. The number of amides is 1. The van der Waals surface area contributed by atoms with Crippen LogP contribution in [0.4, 0.5) is 13.2 Å². The average Bonchev–Trinajstić information content (AvgIpc) is 2.65. The van der Waals surface area contributed by atoms with Gasteiger partial charge in [-0.1, -0.05) is 32.4 Å². The first-order valence-corrected chi connectivity index (χ1v) is 8.98. The van der Waals surface area contributed by atoms with E-state index in [1.807, 2.05) is 0 Å². The third kappa shape index (κ3) is 7.46. The number of benzene rings is 1. The number of carbonyl (C=O) groups is 1. The van der Waals surface area contributed by atoms with Gasteiger partial charge in [-0.05, 0) is 29.7 Å². The van der Waals surface area contributed by atoms with Gasteiger partial charge in [0.15, 0.2) is 0 Å². The van der Waals surface area contributed by atoms with E-state index in [4.69, 9.17) is 4.74 Å². The highest BCUT2D eigenvalue weighted by Crippen LogP contribution is 2.26. The van der Waals surface area contributed by atoms with Crippen molar-refractivity contribution in [2.45, 2.75) is 33.1 Å². The predicted octanol–water partition coefficient (Wildman–Crippen LogP) is 4.38. The lowest BCUT2D eigenvalue weighted by molar-refractivity contribution is -0.274. The van der Waals surface area contributed by atoms with E-state index in [-0.39, 0.29) is 24.0 Å². The van der Waals surface area contributed by atoms with Gasteiger partial charge in [0.1, 0.15) is 17.2 Å². The Labute approximate surface area is 161 Å². The van der Waals surface area contributed by atoms with Gasteiger partial charge in [0.2, 0.25) is 0 Å². The van der Waals surface area contributed by atoms with Crippen LogP contribution in [0.1, 0.15) is 36.3 Å².